The molecular weight excluding hydrogens is 337 g/mol. The summed E-state index contributed by atoms with van der Waals surface area (Å²) in [6.07, 6.45) is -1.21. The molecular formula is C20H20FNO4. The van der Waals surface area contributed by atoms with Crippen LogP contribution < -0.4 is 5.32 Å². The smallest absolute Gasteiger partial charge is 0.307 e. The van der Waals surface area contributed by atoms with E-state index in [1.54, 1.807) is 12.1 Å². The summed E-state index contributed by atoms with van der Waals surface area (Å²) in [5.41, 5.74) is 1.99. The third-order valence-electron chi connectivity index (χ3n) is 3.72. The van der Waals surface area contributed by atoms with E-state index in [9.17, 15) is 18.8 Å². The number of carbonyl (C=O) groups excluding carboxylic acids is 3. The second-order valence-electron chi connectivity index (χ2n) is 5.92. The van der Waals surface area contributed by atoms with Crippen LogP contribution in [0.25, 0.3) is 0 Å². The molecule has 1 N–H and O–H groups in total. The fourth-order valence-electron chi connectivity index (χ4n) is 2.19. The zero-order chi connectivity index (χ0) is 19.1. The summed E-state index contributed by atoms with van der Waals surface area (Å²) in [6.45, 7) is 3.40. The standard InChI is InChI=1S/C20H20FNO4/c1-13-3-9-17(10-4-13)22-20(25)14(2)26-19(24)12-11-18(23)15-5-7-16(21)8-6-15/h3-10,14H,11-12H2,1-2H3,(H,22,25)/t14-/m1/s1. The Morgan fingerprint density at radius 1 is 1.00 bits per heavy atom. The maximum absolute atomic E-state index is 12.8. The van der Waals surface area contributed by atoms with E-state index in [1.165, 1.54) is 31.2 Å². The minimum Gasteiger partial charge on any atom is -0.453 e. The topological polar surface area (TPSA) is 72.5 Å². The molecule has 2 aromatic rings. The average Bonchev–Trinajstić information content (AvgIpc) is 2.62. The lowest BCUT2D eigenvalue weighted by atomic mass is 10.1. The number of hydrogen-bond donors (Lipinski definition) is 1. The number of benzene rings is 2. The number of esters is 1. The van der Waals surface area contributed by atoms with Crippen LogP contribution in [0.5, 0.6) is 0 Å². The van der Waals surface area contributed by atoms with E-state index < -0.39 is 23.8 Å². The fourth-order valence-corrected chi connectivity index (χ4v) is 2.19. The minimum absolute atomic E-state index is 0.0727. The van der Waals surface area contributed by atoms with Crippen LogP contribution in [0.1, 0.15) is 35.7 Å². The normalized spacial score (nSPS) is 11.5. The highest BCUT2D eigenvalue weighted by Crippen LogP contribution is 2.11. The van der Waals surface area contributed by atoms with Gasteiger partial charge in [0.25, 0.3) is 5.91 Å². The number of Topliss-reactive ketones (excluding diaryl/α,β-unsaturated/α-hetero) is 1. The summed E-state index contributed by atoms with van der Waals surface area (Å²) in [6, 6.07) is 12.3. The number of hydrogen-bond acceptors (Lipinski definition) is 4. The van der Waals surface area contributed by atoms with Crippen molar-refractivity contribution in [1.29, 1.82) is 0 Å². The number of carbonyl (C=O) groups is 3. The predicted octanol–water partition coefficient (Wildman–Crippen LogP) is 3.67. The lowest BCUT2D eigenvalue weighted by Gasteiger charge is -2.13. The van der Waals surface area contributed by atoms with Crippen LogP contribution in [0.2, 0.25) is 0 Å². The lowest BCUT2D eigenvalue weighted by Crippen LogP contribution is -2.30. The first kappa shape index (κ1) is 19.3. The Hall–Kier alpha value is -3.02. The summed E-state index contributed by atoms with van der Waals surface area (Å²) in [7, 11) is 0. The van der Waals surface area contributed by atoms with Crippen LogP contribution >= 0.6 is 0 Å². The molecule has 26 heavy (non-hydrogen) atoms. The van der Waals surface area contributed by atoms with E-state index in [4.69, 9.17) is 4.74 Å². The molecule has 1 amide bonds. The maximum atomic E-state index is 12.8. The second kappa shape index (κ2) is 8.89. The number of amides is 1. The van der Waals surface area contributed by atoms with Crippen molar-refractivity contribution in [2.24, 2.45) is 0 Å². The van der Waals surface area contributed by atoms with Gasteiger partial charge in [0.2, 0.25) is 0 Å². The number of rotatable bonds is 7. The van der Waals surface area contributed by atoms with Gasteiger partial charge < -0.3 is 10.1 Å². The first-order chi connectivity index (χ1) is 12.3. The van der Waals surface area contributed by atoms with E-state index >= 15 is 0 Å². The van der Waals surface area contributed by atoms with Crippen molar-refractivity contribution in [2.75, 3.05) is 5.32 Å². The Bertz CT molecular complexity index is 784. The molecule has 0 heterocycles. The van der Waals surface area contributed by atoms with Crippen molar-refractivity contribution in [3.05, 3.63) is 65.5 Å². The van der Waals surface area contributed by atoms with Gasteiger partial charge in [-0.25, -0.2) is 4.39 Å². The minimum atomic E-state index is -0.982. The number of ketones is 1. The van der Waals surface area contributed by atoms with E-state index in [2.05, 4.69) is 5.32 Å². The molecule has 0 fully saturated rings. The Morgan fingerprint density at radius 2 is 1.62 bits per heavy atom. The lowest BCUT2D eigenvalue weighted by molar-refractivity contribution is -0.153. The first-order valence-corrected chi connectivity index (χ1v) is 8.21. The van der Waals surface area contributed by atoms with Crippen molar-refractivity contribution in [1.82, 2.24) is 0 Å². The van der Waals surface area contributed by atoms with Gasteiger partial charge in [0, 0.05) is 17.7 Å². The highest BCUT2D eigenvalue weighted by molar-refractivity contribution is 5.98. The molecule has 0 saturated heterocycles. The van der Waals surface area contributed by atoms with Gasteiger partial charge in [0.15, 0.2) is 11.9 Å². The highest BCUT2D eigenvalue weighted by Gasteiger charge is 2.19. The monoisotopic (exact) mass is 357 g/mol. The molecule has 0 bridgehead atoms. The van der Waals surface area contributed by atoms with Crippen molar-refractivity contribution in [3.8, 4) is 0 Å². The average molecular weight is 357 g/mol. The van der Waals surface area contributed by atoms with Crippen LogP contribution in [-0.2, 0) is 14.3 Å². The highest BCUT2D eigenvalue weighted by atomic mass is 19.1. The molecule has 2 rings (SSSR count). The van der Waals surface area contributed by atoms with Crippen molar-refractivity contribution in [2.45, 2.75) is 32.8 Å². The molecule has 6 heteroatoms. The van der Waals surface area contributed by atoms with Crippen LogP contribution in [0, 0.1) is 12.7 Å². The third kappa shape index (κ3) is 5.81. The van der Waals surface area contributed by atoms with Crippen LogP contribution in [-0.4, -0.2) is 23.8 Å². The quantitative estimate of drug-likeness (QED) is 0.606. The second-order valence-corrected chi connectivity index (χ2v) is 5.92. The zero-order valence-electron chi connectivity index (χ0n) is 14.6. The summed E-state index contributed by atoms with van der Waals surface area (Å²) in [4.78, 5) is 35.8. The van der Waals surface area contributed by atoms with E-state index in [-0.39, 0.29) is 18.6 Å². The van der Waals surface area contributed by atoms with Crippen molar-refractivity contribution < 1.29 is 23.5 Å². The fraction of sp³-hybridized carbons (Fsp3) is 0.250. The van der Waals surface area contributed by atoms with Gasteiger partial charge in [0.1, 0.15) is 5.82 Å². The van der Waals surface area contributed by atoms with Gasteiger partial charge in [-0.05, 0) is 50.2 Å². The number of ether oxygens (including phenoxy) is 1. The maximum Gasteiger partial charge on any atom is 0.307 e. The summed E-state index contributed by atoms with van der Waals surface area (Å²) in [5, 5.41) is 2.65. The summed E-state index contributed by atoms with van der Waals surface area (Å²) in [5.74, 6) is -1.83. The largest absolute Gasteiger partial charge is 0.453 e. The molecule has 136 valence electrons. The van der Waals surface area contributed by atoms with Crippen LogP contribution in [0.3, 0.4) is 0 Å². The van der Waals surface area contributed by atoms with E-state index in [0.717, 1.165) is 5.56 Å². The molecule has 5 nitrogen and oxygen atoms in total. The Labute approximate surface area is 151 Å². The van der Waals surface area contributed by atoms with Crippen LogP contribution in [0.4, 0.5) is 10.1 Å². The molecule has 0 aliphatic rings. The predicted molar refractivity (Wildman–Crippen MR) is 95.3 cm³/mol. The van der Waals surface area contributed by atoms with Gasteiger partial charge in [-0.1, -0.05) is 17.7 Å². The Balaban J connectivity index is 1.79. The van der Waals surface area contributed by atoms with Crippen molar-refractivity contribution in [3.63, 3.8) is 0 Å². The number of anilines is 1. The molecule has 2 aromatic carbocycles. The molecule has 1 atom stereocenters. The van der Waals surface area contributed by atoms with Gasteiger partial charge in [-0.3, -0.25) is 14.4 Å². The summed E-state index contributed by atoms with van der Waals surface area (Å²) >= 11 is 0. The number of aryl methyl sites for hydroxylation is 1. The summed E-state index contributed by atoms with van der Waals surface area (Å²) < 4.78 is 17.9. The Kier molecular flexibility index (Phi) is 6.60. The molecule has 0 unspecified atom stereocenters. The van der Waals surface area contributed by atoms with Gasteiger partial charge in [-0.2, -0.15) is 0 Å². The third-order valence-corrected chi connectivity index (χ3v) is 3.72. The molecule has 0 radical (unpaired) electrons. The van der Waals surface area contributed by atoms with Gasteiger partial charge in [0.05, 0.1) is 6.42 Å². The molecule has 0 aromatic heterocycles. The molecule has 0 aliphatic carbocycles. The molecule has 0 spiro atoms. The van der Waals surface area contributed by atoms with Gasteiger partial charge >= 0.3 is 5.97 Å². The first-order valence-electron chi connectivity index (χ1n) is 8.21. The number of halogens is 1. The van der Waals surface area contributed by atoms with E-state index in [0.29, 0.717) is 11.3 Å². The molecule has 0 aliphatic heterocycles. The van der Waals surface area contributed by atoms with Crippen LogP contribution in [0.15, 0.2) is 48.5 Å². The SMILES string of the molecule is Cc1ccc(NC(=O)[C@@H](C)OC(=O)CCC(=O)c2ccc(F)cc2)cc1. The van der Waals surface area contributed by atoms with Gasteiger partial charge in [-0.15, -0.1) is 0 Å². The zero-order valence-corrected chi connectivity index (χ0v) is 14.6. The Morgan fingerprint density at radius 3 is 2.23 bits per heavy atom. The number of nitrogens with one attached hydrogen (secondary N) is 1. The van der Waals surface area contributed by atoms with Crippen molar-refractivity contribution >= 4 is 23.3 Å². The van der Waals surface area contributed by atoms with E-state index in [1.807, 2.05) is 19.1 Å². The molecule has 0 saturated carbocycles.